The van der Waals surface area contributed by atoms with E-state index in [0.29, 0.717) is 25.2 Å². The van der Waals surface area contributed by atoms with Gasteiger partial charge in [0.15, 0.2) is 0 Å². The van der Waals surface area contributed by atoms with Crippen LogP contribution in [0, 0.1) is 0 Å². The second-order valence-electron chi connectivity index (χ2n) is 4.27. The summed E-state index contributed by atoms with van der Waals surface area (Å²) in [6.45, 7) is 8.54. The first kappa shape index (κ1) is 14.5. The summed E-state index contributed by atoms with van der Waals surface area (Å²) in [6, 6.07) is -0.0954. The molecule has 1 rings (SSSR count). The van der Waals surface area contributed by atoms with Crippen molar-refractivity contribution in [1.29, 1.82) is 0 Å². The number of rotatable bonds is 5. The second-order valence-corrected chi connectivity index (χ2v) is 4.27. The van der Waals surface area contributed by atoms with Gasteiger partial charge in [0.2, 0.25) is 0 Å². The number of hydrogen-bond donors (Lipinski definition) is 0. The number of nitrogens with zero attached hydrogens (tertiary/aromatic N) is 2. The molecule has 0 radical (unpaired) electrons. The normalized spacial score (nSPS) is 19.9. The summed E-state index contributed by atoms with van der Waals surface area (Å²) in [7, 11) is 1.52. The first-order chi connectivity index (χ1) is 8.49. The summed E-state index contributed by atoms with van der Waals surface area (Å²) in [6.07, 6.45) is -0.345. The van der Waals surface area contributed by atoms with Crippen LogP contribution in [0.5, 0.6) is 0 Å². The van der Waals surface area contributed by atoms with Gasteiger partial charge in [0.05, 0.1) is 13.1 Å². The van der Waals surface area contributed by atoms with E-state index >= 15 is 0 Å². The Hall–Kier alpha value is -1.56. The largest absolute Gasteiger partial charge is 0.455 e. The van der Waals surface area contributed by atoms with Crippen molar-refractivity contribution in [3.8, 4) is 0 Å². The molecule has 1 atom stereocenters. The van der Waals surface area contributed by atoms with Gasteiger partial charge in [-0.2, -0.15) is 0 Å². The molecule has 18 heavy (non-hydrogen) atoms. The molecule has 1 heterocycles. The summed E-state index contributed by atoms with van der Waals surface area (Å²) in [5, 5.41) is 0. The van der Waals surface area contributed by atoms with E-state index in [1.165, 1.54) is 12.0 Å². The smallest absolute Gasteiger partial charge is 0.333 e. The van der Waals surface area contributed by atoms with Gasteiger partial charge in [-0.25, -0.2) is 9.59 Å². The molecule has 2 amide bonds. The number of ether oxygens (including phenoxy) is 2. The Morgan fingerprint density at radius 2 is 2.06 bits per heavy atom. The number of carbonyl (C=O) groups excluding carboxylic acids is 2. The standard InChI is InChI=1S/C12H20N2O4/c1-5-13-6-10(18-11(15)9(2)3)7-14(8-17-4)12(13)16/h10H,2,5-8H2,1,3-4H3. The maximum absolute atomic E-state index is 11.9. The van der Waals surface area contributed by atoms with Gasteiger partial charge in [-0.05, 0) is 13.8 Å². The van der Waals surface area contributed by atoms with Gasteiger partial charge in [-0.15, -0.1) is 0 Å². The number of esters is 1. The Labute approximate surface area is 107 Å². The topological polar surface area (TPSA) is 59.1 Å². The minimum absolute atomic E-state index is 0.0954. The van der Waals surface area contributed by atoms with Crippen LogP contribution >= 0.6 is 0 Å². The van der Waals surface area contributed by atoms with Crippen molar-refractivity contribution >= 4 is 12.0 Å². The SMILES string of the molecule is C=C(C)C(=O)OC1CN(CC)C(=O)N(COC)C1. The number of methoxy groups -OCH3 is 1. The van der Waals surface area contributed by atoms with E-state index in [4.69, 9.17) is 9.47 Å². The minimum atomic E-state index is -0.428. The molecule has 1 unspecified atom stereocenters. The van der Waals surface area contributed by atoms with Crippen molar-refractivity contribution < 1.29 is 19.1 Å². The Kier molecular flexibility index (Phi) is 5.15. The predicted octanol–water partition coefficient (Wildman–Crippen LogP) is 0.836. The van der Waals surface area contributed by atoms with E-state index in [2.05, 4.69) is 6.58 Å². The molecule has 0 aromatic rings. The lowest BCUT2D eigenvalue weighted by Gasteiger charge is -2.38. The van der Waals surface area contributed by atoms with Crippen molar-refractivity contribution in [2.45, 2.75) is 20.0 Å². The van der Waals surface area contributed by atoms with Gasteiger partial charge in [0.25, 0.3) is 0 Å². The average Bonchev–Trinajstić information content (AvgIpc) is 2.33. The van der Waals surface area contributed by atoms with Crippen LogP contribution < -0.4 is 0 Å². The summed E-state index contributed by atoms with van der Waals surface area (Å²) in [5.74, 6) is -0.428. The van der Waals surface area contributed by atoms with Crippen molar-refractivity contribution in [1.82, 2.24) is 9.80 Å². The fourth-order valence-electron chi connectivity index (χ4n) is 1.76. The van der Waals surface area contributed by atoms with Crippen LogP contribution in [-0.4, -0.2) is 61.4 Å². The van der Waals surface area contributed by atoms with Crippen LogP contribution in [0.25, 0.3) is 0 Å². The Bertz CT molecular complexity index is 343. The highest BCUT2D eigenvalue weighted by Crippen LogP contribution is 2.13. The molecule has 1 saturated heterocycles. The van der Waals surface area contributed by atoms with Crippen molar-refractivity contribution in [2.75, 3.05) is 33.5 Å². The van der Waals surface area contributed by atoms with Gasteiger partial charge in [0, 0.05) is 19.2 Å². The molecule has 6 nitrogen and oxygen atoms in total. The fraction of sp³-hybridized carbons (Fsp3) is 0.667. The van der Waals surface area contributed by atoms with Gasteiger partial charge in [-0.1, -0.05) is 6.58 Å². The zero-order valence-electron chi connectivity index (χ0n) is 11.1. The van der Waals surface area contributed by atoms with Crippen LogP contribution in [0.4, 0.5) is 4.79 Å². The fourth-order valence-corrected chi connectivity index (χ4v) is 1.76. The number of likely N-dealkylation sites (N-methyl/N-ethyl adjacent to an activating group) is 1. The molecule has 0 bridgehead atoms. The van der Waals surface area contributed by atoms with Crippen LogP contribution in [0.1, 0.15) is 13.8 Å². The lowest BCUT2D eigenvalue weighted by atomic mass is 10.2. The van der Waals surface area contributed by atoms with Crippen molar-refractivity contribution in [3.63, 3.8) is 0 Å². The number of hydrogen-bond acceptors (Lipinski definition) is 4. The lowest BCUT2D eigenvalue weighted by molar-refractivity contribution is -0.147. The van der Waals surface area contributed by atoms with E-state index < -0.39 is 5.97 Å². The summed E-state index contributed by atoms with van der Waals surface area (Å²) in [4.78, 5) is 26.5. The third kappa shape index (κ3) is 3.46. The molecule has 0 aromatic carbocycles. The molecule has 0 spiro atoms. The Morgan fingerprint density at radius 3 is 2.56 bits per heavy atom. The average molecular weight is 256 g/mol. The van der Waals surface area contributed by atoms with Crippen LogP contribution in [0.15, 0.2) is 12.2 Å². The van der Waals surface area contributed by atoms with Gasteiger partial charge < -0.3 is 14.4 Å². The minimum Gasteiger partial charge on any atom is -0.455 e. The molecule has 102 valence electrons. The van der Waals surface area contributed by atoms with Gasteiger partial charge in [-0.3, -0.25) is 4.90 Å². The van der Waals surface area contributed by atoms with Gasteiger partial charge in [0.1, 0.15) is 12.8 Å². The first-order valence-corrected chi connectivity index (χ1v) is 5.88. The number of urea groups is 1. The van der Waals surface area contributed by atoms with Crippen molar-refractivity contribution in [2.24, 2.45) is 0 Å². The molecule has 0 aromatic heterocycles. The highest BCUT2D eigenvalue weighted by Gasteiger charge is 2.32. The molecule has 1 fully saturated rings. The maximum atomic E-state index is 11.9. The first-order valence-electron chi connectivity index (χ1n) is 5.88. The monoisotopic (exact) mass is 256 g/mol. The van der Waals surface area contributed by atoms with E-state index in [1.807, 2.05) is 6.92 Å². The Morgan fingerprint density at radius 1 is 1.44 bits per heavy atom. The zero-order chi connectivity index (χ0) is 13.7. The number of carbonyl (C=O) groups is 2. The van der Waals surface area contributed by atoms with E-state index in [9.17, 15) is 9.59 Å². The van der Waals surface area contributed by atoms with Gasteiger partial charge >= 0.3 is 12.0 Å². The Balaban J connectivity index is 2.67. The van der Waals surface area contributed by atoms with Crippen LogP contribution in [0.3, 0.4) is 0 Å². The van der Waals surface area contributed by atoms with Crippen molar-refractivity contribution in [3.05, 3.63) is 12.2 Å². The highest BCUT2D eigenvalue weighted by atomic mass is 16.5. The predicted molar refractivity (Wildman–Crippen MR) is 65.9 cm³/mol. The molecule has 0 N–H and O–H groups in total. The molecule has 1 aliphatic heterocycles. The third-order valence-corrected chi connectivity index (χ3v) is 2.68. The maximum Gasteiger partial charge on any atom is 0.333 e. The second kappa shape index (κ2) is 6.39. The summed E-state index contributed by atoms with van der Waals surface area (Å²) >= 11 is 0. The van der Waals surface area contributed by atoms with E-state index in [0.717, 1.165) is 0 Å². The van der Waals surface area contributed by atoms with Crippen LogP contribution in [0.2, 0.25) is 0 Å². The molecule has 0 saturated carbocycles. The molecule has 0 aliphatic carbocycles. The summed E-state index contributed by atoms with van der Waals surface area (Å²) in [5.41, 5.74) is 0.355. The quantitative estimate of drug-likeness (QED) is 0.540. The highest BCUT2D eigenvalue weighted by molar-refractivity contribution is 5.87. The van der Waals surface area contributed by atoms with E-state index in [-0.39, 0.29) is 18.9 Å². The molecule has 6 heteroatoms. The zero-order valence-corrected chi connectivity index (χ0v) is 11.1. The molecular weight excluding hydrogens is 236 g/mol. The van der Waals surface area contributed by atoms with E-state index in [1.54, 1.807) is 11.8 Å². The molecule has 1 aliphatic rings. The van der Waals surface area contributed by atoms with Crippen LogP contribution in [-0.2, 0) is 14.3 Å². The molecular formula is C12H20N2O4. The number of amides is 2. The summed E-state index contributed by atoms with van der Waals surface area (Å²) < 4.78 is 10.2. The third-order valence-electron chi connectivity index (χ3n) is 2.68. The lowest BCUT2D eigenvalue weighted by Crippen LogP contribution is -2.56.